The zero-order chi connectivity index (χ0) is 11.4. The Labute approximate surface area is 89.6 Å². The highest BCUT2D eigenvalue weighted by Gasteiger charge is 2.18. The first-order valence-corrected chi connectivity index (χ1v) is 4.28. The molecule has 1 rings (SSSR count). The van der Waals surface area contributed by atoms with Crippen LogP contribution in [-0.4, -0.2) is 22.5 Å². The highest BCUT2D eigenvalue weighted by molar-refractivity contribution is 6.33. The Morgan fingerprint density at radius 1 is 1.60 bits per heavy atom. The molecular weight excluding hydrogens is 224 g/mol. The third kappa shape index (κ3) is 2.81. The summed E-state index contributed by atoms with van der Waals surface area (Å²) in [6, 6.07) is 4.26. The van der Waals surface area contributed by atoms with Gasteiger partial charge in [-0.05, 0) is 12.1 Å². The Morgan fingerprint density at radius 2 is 2.27 bits per heavy atom. The van der Waals surface area contributed by atoms with E-state index in [1.54, 1.807) is 0 Å². The average Bonchev–Trinajstić information content (AvgIpc) is 2.13. The fourth-order valence-corrected chi connectivity index (χ4v) is 1.26. The number of halogens is 1. The van der Waals surface area contributed by atoms with E-state index in [1.807, 2.05) is 0 Å². The third-order valence-corrected chi connectivity index (χ3v) is 1.90. The summed E-state index contributed by atoms with van der Waals surface area (Å²) in [5.41, 5.74) is -0.227. The second-order valence-electron chi connectivity index (χ2n) is 2.64. The topological polar surface area (TPSA) is 92.5 Å². The molecule has 0 radical (unpaired) electrons. The zero-order valence-electron chi connectivity index (χ0n) is 7.44. The highest BCUT2D eigenvalue weighted by Crippen LogP contribution is 2.31. The predicted octanol–water partition coefficient (Wildman–Crippen LogP) is 1.74. The molecule has 0 bridgehead atoms. The van der Waals surface area contributed by atoms with E-state index >= 15 is 0 Å². The summed E-state index contributed by atoms with van der Waals surface area (Å²) in [6.07, 6.45) is 0. The minimum atomic E-state index is -1.11. The Balaban J connectivity index is 3.01. The van der Waals surface area contributed by atoms with Gasteiger partial charge in [-0.2, -0.15) is 0 Å². The molecule has 0 aliphatic carbocycles. The SMILES string of the molecule is O=C(O)CNc1cccc(Cl)c1[N+](=O)[O-]. The first-order chi connectivity index (χ1) is 7.02. The molecule has 6 nitrogen and oxygen atoms in total. The lowest BCUT2D eigenvalue weighted by molar-refractivity contribution is -0.383. The van der Waals surface area contributed by atoms with Gasteiger partial charge in [-0.15, -0.1) is 0 Å². The van der Waals surface area contributed by atoms with E-state index in [-0.39, 0.29) is 16.4 Å². The first kappa shape index (κ1) is 11.3. The zero-order valence-corrected chi connectivity index (χ0v) is 8.19. The van der Waals surface area contributed by atoms with Crippen molar-refractivity contribution in [1.29, 1.82) is 0 Å². The maximum absolute atomic E-state index is 10.6. The lowest BCUT2D eigenvalue weighted by Crippen LogP contribution is -2.13. The van der Waals surface area contributed by atoms with Crippen molar-refractivity contribution in [2.24, 2.45) is 0 Å². The number of para-hydroxylation sites is 1. The van der Waals surface area contributed by atoms with Gasteiger partial charge in [-0.1, -0.05) is 17.7 Å². The van der Waals surface area contributed by atoms with E-state index < -0.39 is 17.4 Å². The van der Waals surface area contributed by atoms with E-state index in [1.165, 1.54) is 18.2 Å². The molecule has 0 atom stereocenters. The molecule has 0 heterocycles. The number of nitro groups is 1. The number of hydrogen-bond donors (Lipinski definition) is 2. The van der Waals surface area contributed by atoms with E-state index in [9.17, 15) is 14.9 Å². The van der Waals surface area contributed by atoms with Gasteiger partial charge in [-0.25, -0.2) is 0 Å². The number of carbonyl (C=O) groups is 1. The standard InChI is InChI=1S/C8H7ClN2O4/c9-5-2-1-3-6(8(5)11(14)15)10-4-7(12)13/h1-3,10H,4H2,(H,12,13). The normalized spacial score (nSPS) is 9.67. The van der Waals surface area contributed by atoms with Gasteiger partial charge < -0.3 is 10.4 Å². The number of nitrogens with zero attached hydrogens (tertiary/aromatic N) is 1. The molecule has 1 aromatic carbocycles. The molecule has 80 valence electrons. The van der Waals surface area contributed by atoms with Gasteiger partial charge in [0.1, 0.15) is 17.3 Å². The van der Waals surface area contributed by atoms with Gasteiger partial charge in [-0.3, -0.25) is 14.9 Å². The van der Waals surface area contributed by atoms with Crippen LogP contribution in [0.25, 0.3) is 0 Å². The van der Waals surface area contributed by atoms with Gasteiger partial charge in [0, 0.05) is 0 Å². The molecule has 2 N–H and O–H groups in total. The summed E-state index contributed by atoms with van der Waals surface area (Å²) in [7, 11) is 0. The molecule has 15 heavy (non-hydrogen) atoms. The number of carboxylic acid groups (broad SMARTS) is 1. The fraction of sp³-hybridized carbons (Fsp3) is 0.125. The number of benzene rings is 1. The quantitative estimate of drug-likeness (QED) is 0.607. The van der Waals surface area contributed by atoms with Crippen LogP contribution in [0.1, 0.15) is 0 Å². The number of nitro benzene ring substituents is 1. The van der Waals surface area contributed by atoms with Crippen LogP contribution in [0.3, 0.4) is 0 Å². The molecule has 0 saturated heterocycles. The Morgan fingerprint density at radius 3 is 2.80 bits per heavy atom. The molecule has 0 aliphatic heterocycles. The van der Waals surface area contributed by atoms with Crippen molar-refractivity contribution in [3.8, 4) is 0 Å². The van der Waals surface area contributed by atoms with Crippen molar-refractivity contribution in [3.05, 3.63) is 33.3 Å². The van der Waals surface area contributed by atoms with E-state index in [4.69, 9.17) is 16.7 Å². The van der Waals surface area contributed by atoms with Gasteiger partial charge in [0.2, 0.25) is 0 Å². The smallest absolute Gasteiger partial charge is 0.322 e. The van der Waals surface area contributed by atoms with Gasteiger partial charge in [0.25, 0.3) is 0 Å². The van der Waals surface area contributed by atoms with E-state index in [0.717, 1.165) is 0 Å². The monoisotopic (exact) mass is 230 g/mol. The van der Waals surface area contributed by atoms with Crippen LogP contribution in [0.15, 0.2) is 18.2 Å². The lowest BCUT2D eigenvalue weighted by Gasteiger charge is -2.04. The first-order valence-electron chi connectivity index (χ1n) is 3.91. The number of rotatable bonds is 4. The molecule has 0 amide bonds. The molecule has 1 aromatic rings. The van der Waals surface area contributed by atoms with Crippen LogP contribution in [0, 0.1) is 10.1 Å². The average molecular weight is 231 g/mol. The van der Waals surface area contributed by atoms with Gasteiger partial charge in [0.15, 0.2) is 0 Å². The molecule has 0 aromatic heterocycles. The summed E-state index contributed by atoms with van der Waals surface area (Å²) < 4.78 is 0. The summed E-state index contributed by atoms with van der Waals surface area (Å²) in [6.45, 7) is -0.402. The summed E-state index contributed by atoms with van der Waals surface area (Å²) >= 11 is 5.61. The number of nitrogens with one attached hydrogen (secondary N) is 1. The summed E-state index contributed by atoms with van der Waals surface area (Å²) in [5, 5.41) is 21.4. The Kier molecular flexibility index (Phi) is 3.46. The molecule has 7 heteroatoms. The lowest BCUT2D eigenvalue weighted by atomic mass is 10.2. The minimum Gasteiger partial charge on any atom is -0.480 e. The van der Waals surface area contributed by atoms with Crippen LogP contribution >= 0.6 is 11.6 Å². The predicted molar refractivity (Wildman–Crippen MR) is 54.2 cm³/mol. The van der Waals surface area contributed by atoms with Crippen LogP contribution in [0.2, 0.25) is 5.02 Å². The van der Waals surface area contributed by atoms with Crippen LogP contribution in [-0.2, 0) is 4.79 Å². The van der Waals surface area contributed by atoms with Crippen molar-refractivity contribution in [2.75, 3.05) is 11.9 Å². The van der Waals surface area contributed by atoms with Crippen molar-refractivity contribution in [1.82, 2.24) is 0 Å². The van der Waals surface area contributed by atoms with Crippen molar-refractivity contribution < 1.29 is 14.8 Å². The molecule has 0 fully saturated rings. The van der Waals surface area contributed by atoms with E-state index in [2.05, 4.69) is 5.32 Å². The van der Waals surface area contributed by atoms with Crippen LogP contribution < -0.4 is 5.32 Å². The molecular formula is C8H7ClN2O4. The third-order valence-electron chi connectivity index (χ3n) is 1.60. The van der Waals surface area contributed by atoms with Crippen LogP contribution in [0.5, 0.6) is 0 Å². The summed E-state index contributed by atoms with van der Waals surface area (Å²) in [4.78, 5) is 20.2. The Hall–Kier alpha value is -1.82. The van der Waals surface area contributed by atoms with Crippen molar-refractivity contribution in [2.45, 2.75) is 0 Å². The maximum atomic E-state index is 10.6. The van der Waals surface area contributed by atoms with Crippen molar-refractivity contribution in [3.63, 3.8) is 0 Å². The molecule has 0 aliphatic rings. The number of hydrogen-bond acceptors (Lipinski definition) is 4. The number of aliphatic carboxylic acids is 1. The second kappa shape index (κ2) is 4.61. The van der Waals surface area contributed by atoms with Crippen molar-refractivity contribution >= 4 is 28.9 Å². The second-order valence-corrected chi connectivity index (χ2v) is 3.05. The Bertz CT molecular complexity index is 408. The van der Waals surface area contributed by atoms with Gasteiger partial charge >= 0.3 is 11.7 Å². The summed E-state index contributed by atoms with van der Waals surface area (Å²) in [5.74, 6) is -1.11. The van der Waals surface area contributed by atoms with E-state index in [0.29, 0.717) is 0 Å². The number of carboxylic acids is 1. The molecule has 0 saturated carbocycles. The largest absolute Gasteiger partial charge is 0.480 e. The maximum Gasteiger partial charge on any atom is 0.322 e. The van der Waals surface area contributed by atoms with Gasteiger partial charge in [0.05, 0.1) is 4.92 Å². The number of anilines is 1. The highest BCUT2D eigenvalue weighted by atomic mass is 35.5. The molecule has 0 unspecified atom stereocenters. The minimum absolute atomic E-state index is 0.0320. The molecule has 0 spiro atoms. The fourth-order valence-electron chi connectivity index (χ4n) is 1.01. The van der Waals surface area contributed by atoms with Crippen LogP contribution in [0.4, 0.5) is 11.4 Å².